The highest BCUT2D eigenvalue weighted by atomic mass is 35.5. The first kappa shape index (κ1) is 31.9. The lowest BCUT2D eigenvalue weighted by Gasteiger charge is -2.19. The number of aryl methyl sites for hydroxylation is 2. The number of ether oxygens (including phenoxy) is 2. The maximum atomic E-state index is 13.8. The summed E-state index contributed by atoms with van der Waals surface area (Å²) in [4.78, 5) is 40.6. The van der Waals surface area contributed by atoms with Crippen LogP contribution in [0.2, 0.25) is 5.02 Å². The highest BCUT2D eigenvalue weighted by Crippen LogP contribution is 2.40. The maximum Gasteiger partial charge on any atom is 0.341 e. The Morgan fingerprint density at radius 2 is 1.83 bits per heavy atom. The highest BCUT2D eigenvalue weighted by Gasteiger charge is 2.24. The molecule has 0 saturated heterocycles. The summed E-state index contributed by atoms with van der Waals surface area (Å²) in [7, 11) is 0. The second kappa shape index (κ2) is 12.6. The molecule has 47 heavy (non-hydrogen) atoms. The van der Waals surface area contributed by atoms with E-state index >= 15 is 0 Å². The summed E-state index contributed by atoms with van der Waals surface area (Å²) >= 11 is 7.87. The van der Waals surface area contributed by atoms with E-state index in [0.717, 1.165) is 21.4 Å². The van der Waals surface area contributed by atoms with Crippen molar-refractivity contribution < 1.29 is 14.3 Å². The third kappa shape index (κ3) is 6.32. The molecular weight excluding hydrogens is 634 g/mol. The zero-order valence-corrected chi connectivity index (χ0v) is 28.0. The molecule has 0 spiro atoms. The second-order valence-electron chi connectivity index (χ2n) is 12.0. The monoisotopic (exact) mass is 663 g/mol. The van der Waals surface area contributed by atoms with E-state index in [0.29, 0.717) is 44.6 Å². The number of rotatable bonds is 7. The minimum atomic E-state index is -0.649. The van der Waals surface area contributed by atoms with E-state index in [9.17, 15) is 14.9 Å². The topological polar surface area (TPSA) is 120 Å². The van der Waals surface area contributed by atoms with Crippen LogP contribution >= 0.6 is 22.9 Å². The van der Waals surface area contributed by atoms with Crippen LogP contribution in [0.5, 0.6) is 5.75 Å². The fraction of sp³-hybridized carbons (Fsp3) is 0.222. The Morgan fingerprint density at radius 1 is 1.06 bits per heavy atom. The third-order valence-corrected chi connectivity index (χ3v) is 8.66. The van der Waals surface area contributed by atoms with Crippen LogP contribution in [0.15, 0.2) is 71.0 Å². The second-order valence-corrected chi connectivity index (χ2v) is 13.3. The molecule has 0 fully saturated rings. The number of esters is 1. The van der Waals surface area contributed by atoms with E-state index in [-0.39, 0.29) is 29.7 Å². The van der Waals surface area contributed by atoms with Gasteiger partial charge in [0.05, 0.1) is 50.7 Å². The fourth-order valence-corrected chi connectivity index (χ4v) is 6.59. The number of aromatic nitrogens is 4. The molecule has 2 aromatic carbocycles. The number of fused-ring (bicyclic) bond motifs is 2. The number of hydrogen-bond donors (Lipinski definition) is 0. The fourth-order valence-electron chi connectivity index (χ4n) is 5.41. The van der Waals surface area contributed by atoms with Gasteiger partial charge in [-0.25, -0.2) is 9.78 Å². The lowest BCUT2D eigenvalue weighted by Crippen LogP contribution is -2.27. The van der Waals surface area contributed by atoms with Crippen LogP contribution in [-0.4, -0.2) is 37.7 Å². The lowest BCUT2D eigenvalue weighted by atomic mass is 10.0. The number of nitrogens with zero attached hydrogens (tertiary/aromatic N) is 5. The van der Waals surface area contributed by atoms with Gasteiger partial charge in [-0.2, -0.15) is 5.26 Å². The third-order valence-electron chi connectivity index (χ3n) is 7.42. The first-order valence-corrected chi connectivity index (χ1v) is 16.1. The molecule has 6 aromatic rings. The van der Waals surface area contributed by atoms with E-state index < -0.39 is 11.6 Å². The maximum absolute atomic E-state index is 13.8. The summed E-state index contributed by atoms with van der Waals surface area (Å²) in [5.41, 5.74) is 3.90. The van der Waals surface area contributed by atoms with Crippen LogP contribution in [0.4, 0.5) is 0 Å². The van der Waals surface area contributed by atoms with E-state index in [1.54, 1.807) is 24.4 Å². The van der Waals surface area contributed by atoms with Crippen LogP contribution in [0.1, 0.15) is 48.2 Å². The van der Waals surface area contributed by atoms with E-state index in [1.165, 1.54) is 22.1 Å². The number of benzene rings is 2. The Bertz CT molecular complexity index is 2280. The van der Waals surface area contributed by atoms with Crippen molar-refractivity contribution in [2.45, 2.75) is 46.8 Å². The van der Waals surface area contributed by atoms with Gasteiger partial charge in [0, 0.05) is 32.8 Å². The van der Waals surface area contributed by atoms with Gasteiger partial charge in [-0.1, -0.05) is 41.9 Å². The van der Waals surface area contributed by atoms with Gasteiger partial charge >= 0.3 is 5.97 Å². The molecule has 236 valence electrons. The summed E-state index contributed by atoms with van der Waals surface area (Å²) in [5, 5.41) is 12.6. The molecule has 0 N–H and O–H groups in total. The molecule has 0 radical (unpaired) electrons. The molecule has 0 aliphatic carbocycles. The van der Waals surface area contributed by atoms with Crippen molar-refractivity contribution in [3.63, 3.8) is 0 Å². The normalized spacial score (nSPS) is 11.5. The Kier molecular flexibility index (Phi) is 8.53. The van der Waals surface area contributed by atoms with Gasteiger partial charge in [0.2, 0.25) is 0 Å². The van der Waals surface area contributed by atoms with Crippen molar-refractivity contribution in [1.29, 1.82) is 5.26 Å². The average molecular weight is 664 g/mol. The standard InChI is InChI=1S/C36H30ClN5O4S/c1-20-15-25(33-32(40-20)27(19-47-33)35(44)46-36(3,4)5)24-16-23(37)11-12-29(24)45-14-13-42-21(2)41-28-18-39-31(22-9-7-6-8-10-22)26(17-38)30(28)34(42)43/h6-12,15-16,18-19H,13-14H2,1-5H3. The Hall–Kier alpha value is -5.11. The number of nitriles is 1. The summed E-state index contributed by atoms with van der Waals surface area (Å²) < 4.78 is 14.2. The van der Waals surface area contributed by atoms with E-state index in [1.807, 2.05) is 70.2 Å². The number of halogens is 1. The molecule has 0 unspecified atom stereocenters. The quantitative estimate of drug-likeness (QED) is 0.158. The molecule has 0 bridgehead atoms. The number of pyridine rings is 2. The molecule has 0 amide bonds. The van der Waals surface area contributed by atoms with Gasteiger partial charge in [0.1, 0.15) is 29.9 Å². The van der Waals surface area contributed by atoms with Crippen LogP contribution in [-0.2, 0) is 11.3 Å². The van der Waals surface area contributed by atoms with Crippen molar-refractivity contribution in [2.75, 3.05) is 6.61 Å². The zero-order valence-electron chi connectivity index (χ0n) is 26.4. The molecule has 0 atom stereocenters. The molecule has 11 heteroatoms. The predicted octanol–water partition coefficient (Wildman–Crippen LogP) is 7.91. The molecular formula is C36H30ClN5O4S. The van der Waals surface area contributed by atoms with Gasteiger partial charge in [0.25, 0.3) is 5.56 Å². The van der Waals surface area contributed by atoms with Crippen molar-refractivity contribution in [2.24, 2.45) is 0 Å². The molecule has 4 heterocycles. The Balaban J connectivity index is 1.34. The van der Waals surface area contributed by atoms with Crippen LogP contribution in [0.25, 0.3) is 43.5 Å². The van der Waals surface area contributed by atoms with Crippen molar-refractivity contribution in [1.82, 2.24) is 19.5 Å². The SMILES string of the molecule is Cc1cc(-c2cc(Cl)ccc2OCCn2c(C)nc3cnc(-c4ccccc4)c(C#N)c3c2=O)c2scc(C(=O)OC(C)(C)C)c2n1. The number of carbonyl (C=O) groups is 1. The summed E-state index contributed by atoms with van der Waals surface area (Å²) in [6, 6.07) is 18.7. The van der Waals surface area contributed by atoms with Crippen molar-refractivity contribution in [3.05, 3.63) is 104 Å². The zero-order chi connectivity index (χ0) is 33.5. The number of carbonyl (C=O) groups excluding carboxylic acids is 1. The Labute approximate surface area is 280 Å². The van der Waals surface area contributed by atoms with Crippen LogP contribution < -0.4 is 10.3 Å². The minimum absolute atomic E-state index is 0.127. The molecule has 4 aromatic heterocycles. The first-order valence-electron chi connectivity index (χ1n) is 14.9. The van der Waals surface area contributed by atoms with Crippen molar-refractivity contribution >= 4 is 50.0 Å². The lowest BCUT2D eigenvalue weighted by molar-refractivity contribution is 0.00721. The molecule has 0 saturated carbocycles. The van der Waals surface area contributed by atoms with Gasteiger partial charge < -0.3 is 9.47 Å². The average Bonchev–Trinajstić information content (AvgIpc) is 3.46. The predicted molar refractivity (Wildman–Crippen MR) is 184 cm³/mol. The molecule has 9 nitrogen and oxygen atoms in total. The van der Waals surface area contributed by atoms with Crippen LogP contribution in [0, 0.1) is 25.2 Å². The molecule has 0 aliphatic rings. The van der Waals surface area contributed by atoms with Crippen LogP contribution in [0.3, 0.4) is 0 Å². The number of hydrogen-bond acceptors (Lipinski definition) is 9. The van der Waals surface area contributed by atoms with Gasteiger partial charge in [-0.3, -0.25) is 19.3 Å². The summed E-state index contributed by atoms with van der Waals surface area (Å²) in [6.07, 6.45) is 1.53. The summed E-state index contributed by atoms with van der Waals surface area (Å²) in [6.45, 7) is 9.37. The highest BCUT2D eigenvalue weighted by molar-refractivity contribution is 7.18. The van der Waals surface area contributed by atoms with E-state index in [4.69, 9.17) is 21.1 Å². The van der Waals surface area contributed by atoms with Crippen molar-refractivity contribution in [3.8, 4) is 34.2 Å². The minimum Gasteiger partial charge on any atom is -0.491 e. The van der Waals surface area contributed by atoms with E-state index in [2.05, 4.69) is 21.0 Å². The summed E-state index contributed by atoms with van der Waals surface area (Å²) in [5.74, 6) is 0.577. The van der Waals surface area contributed by atoms with Gasteiger partial charge in [-0.05, 0) is 58.9 Å². The largest absolute Gasteiger partial charge is 0.491 e. The van der Waals surface area contributed by atoms with Gasteiger partial charge in [0.15, 0.2) is 0 Å². The first-order chi connectivity index (χ1) is 22.4. The molecule has 0 aliphatic heterocycles. The smallest absolute Gasteiger partial charge is 0.341 e. The Morgan fingerprint density at radius 3 is 2.55 bits per heavy atom. The van der Waals surface area contributed by atoms with Gasteiger partial charge in [-0.15, -0.1) is 11.3 Å². The number of thiophene rings is 1. The molecule has 6 rings (SSSR count).